The molecule has 1 aromatic rings. The molecule has 0 spiro atoms. The molecule has 5 nitrogen and oxygen atoms in total. The van der Waals surface area contributed by atoms with Crippen LogP contribution in [0.25, 0.3) is 0 Å². The van der Waals surface area contributed by atoms with Gasteiger partial charge in [0.05, 0.1) is 6.61 Å². The summed E-state index contributed by atoms with van der Waals surface area (Å²) in [5.74, 6) is 0.875. The van der Waals surface area contributed by atoms with Crippen LogP contribution in [0.1, 0.15) is 13.3 Å². The molecule has 0 fully saturated rings. The molecule has 1 heterocycles. The number of aromatic nitrogens is 3. The Bertz CT molecular complexity index is 328. The first-order chi connectivity index (χ1) is 7.76. The van der Waals surface area contributed by atoms with E-state index in [1.54, 1.807) is 7.11 Å². The lowest BCUT2D eigenvalue weighted by atomic mass is 10.5. The molecular weight excluding hydrogens is 250 g/mol. The Hall–Kier alpha value is -0.590. The summed E-state index contributed by atoms with van der Waals surface area (Å²) in [5, 5.41) is 0.743. The number of ether oxygens (including phenoxy) is 2. The largest absolute Gasteiger partial charge is 0.464 e. The molecule has 90 valence electrons. The second-order valence-corrected chi connectivity index (χ2v) is 4.20. The summed E-state index contributed by atoms with van der Waals surface area (Å²) in [5.41, 5.74) is 0. The first-order valence-corrected chi connectivity index (χ1v) is 6.28. The van der Waals surface area contributed by atoms with Crippen molar-refractivity contribution in [3.63, 3.8) is 0 Å². The van der Waals surface area contributed by atoms with E-state index in [2.05, 4.69) is 15.0 Å². The third kappa shape index (κ3) is 4.96. The lowest BCUT2D eigenvalue weighted by Gasteiger charge is -2.03. The van der Waals surface area contributed by atoms with Crippen molar-refractivity contribution in [2.24, 2.45) is 0 Å². The van der Waals surface area contributed by atoms with Gasteiger partial charge in [-0.1, -0.05) is 11.8 Å². The van der Waals surface area contributed by atoms with E-state index < -0.39 is 0 Å². The van der Waals surface area contributed by atoms with Crippen molar-refractivity contribution in [3.8, 4) is 6.01 Å². The number of methoxy groups -OCH3 is 1. The molecule has 0 atom stereocenters. The van der Waals surface area contributed by atoms with E-state index in [-0.39, 0.29) is 11.3 Å². The zero-order valence-corrected chi connectivity index (χ0v) is 10.8. The Morgan fingerprint density at radius 2 is 2.12 bits per heavy atom. The van der Waals surface area contributed by atoms with Gasteiger partial charge in [0, 0.05) is 19.5 Å². The Morgan fingerprint density at radius 1 is 1.31 bits per heavy atom. The molecule has 1 rings (SSSR count). The maximum Gasteiger partial charge on any atom is 0.321 e. The van der Waals surface area contributed by atoms with E-state index in [1.165, 1.54) is 11.8 Å². The molecule has 1 aromatic heterocycles. The van der Waals surface area contributed by atoms with Crippen LogP contribution in [-0.2, 0) is 4.74 Å². The first kappa shape index (κ1) is 13.5. The summed E-state index contributed by atoms with van der Waals surface area (Å²) in [4.78, 5) is 12.0. The van der Waals surface area contributed by atoms with Gasteiger partial charge < -0.3 is 9.47 Å². The van der Waals surface area contributed by atoms with Crippen molar-refractivity contribution >= 4 is 23.4 Å². The highest BCUT2D eigenvalue weighted by molar-refractivity contribution is 7.99. The molecule has 0 bridgehead atoms. The molecule has 0 radical (unpaired) electrons. The minimum Gasteiger partial charge on any atom is -0.464 e. The summed E-state index contributed by atoms with van der Waals surface area (Å²) in [6.45, 7) is 3.10. The number of rotatable bonds is 7. The number of halogens is 1. The molecule has 0 aromatic carbocycles. The molecule has 0 aliphatic carbocycles. The molecule has 0 saturated carbocycles. The summed E-state index contributed by atoms with van der Waals surface area (Å²) < 4.78 is 10.1. The van der Waals surface area contributed by atoms with Crippen LogP contribution in [0, 0.1) is 0 Å². The molecule has 7 heteroatoms. The van der Waals surface area contributed by atoms with Gasteiger partial charge in [0.25, 0.3) is 0 Å². The maximum absolute atomic E-state index is 5.75. The molecular formula is C9H14ClN3O2S. The fraction of sp³-hybridized carbons (Fsp3) is 0.667. The highest BCUT2D eigenvalue weighted by Crippen LogP contribution is 2.18. The fourth-order valence-electron chi connectivity index (χ4n) is 0.940. The number of hydrogen-bond acceptors (Lipinski definition) is 6. The third-order valence-electron chi connectivity index (χ3n) is 1.56. The number of nitrogens with zero attached hydrogens (tertiary/aromatic N) is 3. The summed E-state index contributed by atoms with van der Waals surface area (Å²) >= 11 is 7.25. The van der Waals surface area contributed by atoms with Crippen LogP contribution < -0.4 is 4.74 Å². The third-order valence-corrected chi connectivity index (χ3v) is 2.67. The number of thioether (sulfide) groups is 1. The predicted molar refractivity (Wildman–Crippen MR) is 63.2 cm³/mol. The van der Waals surface area contributed by atoms with Gasteiger partial charge in [0.15, 0.2) is 5.16 Å². The minimum atomic E-state index is 0.160. The van der Waals surface area contributed by atoms with E-state index in [0.29, 0.717) is 11.8 Å². The topological polar surface area (TPSA) is 57.1 Å². The minimum absolute atomic E-state index is 0.160. The molecule has 16 heavy (non-hydrogen) atoms. The van der Waals surface area contributed by atoms with E-state index in [0.717, 1.165) is 18.8 Å². The Kier molecular flexibility index (Phi) is 6.44. The van der Waals surface area contributed by atoms with Gasteiger partial charge in [-0.15, -0.1) is 0 Å². The molecule has 0 amide bonds. The predicted octanol–water partition coefficient (Wildman–Crippen LogP) is 2.05. The summed E-state index contributed by atoms with van der Waals surface area (Å²) in [6.07, 6.45) is 0.939. The average molecular weight is 264 g/mol. The molecule has 0 unspecified atom stereocenters. The standard InChI is InChI=1S/C9H14ClN3O2S/c1-3-15-8-11-7(10)12-9(13-8)16-6-4-5-14-2/h3-6H2,1-2H3. The molecule has 0 aliphatic heterocycles. The van der Waals surface area contributed by atoms with E-state index in [9.17, 15) is 0 Å². The summed E-state index contributed by atoms with van der Waals surface area (Å²) in [6, 6.07) is 0.275. The van der Waals surface area contributed by atoms with Gasteiger partial charge in [-0.25, -0.2) is 0 Å². The SMILES string of the molecule is CCOc1nc(Cl)nc(SCCCOC)n1. The van der Waals surface area contributed by atoms with Gasteiger partial charge in [-0.3, -0.25) is 0 Å². The van der Waals surface area contributed by atoms with E-state index in [4.69, 9.17) is 21.1 Å². The first-order valence-electron chi connectivity index (χ1n) is 4.92. The molecule has 0 aliphatic rings. The zero-order valence-electron chi connectivity index (χ0n) is 9.27. The van der Waals surface area contributed by atoms with Crippen LogP contribution in [0.5, 0.6) is 6.01 Å². The van der Waals surface area contributed by atoms with Crippen LogP contribution in [-0.4, -0.2) is 41.0 Å². The van der Waals surface area contributed by atoms with Crippen LogP contribution in [0.3, 0.4) is 0 Å². The van der Waals surface area contributed by atoms with Crippen LogP contribution in [0.4, 0.5) is 0 Å². The second kappa shape index (κ2) is 7.65. The Balaban J connectivity index is 2.51. The van der Waals surface area contributed by atoms with Gasteiger partial charge in [0.1, 0.15) is 0 Å². The highest BCUT2D eigenvalue weighted by Gasteiger charge is 2.05. The van der Waals surface area contributed by atoms with Gasteiger partial charge in [-0.2, -0.15) is 15.0 Å². The van der Waals surface area contributed by atoms with Crippen molar-refractivity contribution in [1.82, 2.24) is 15.0 Å². The van der Waals surface area contributed by atoms with Crippen LogP contribution in [0.15, 0.2) is 5.16 Å². The van der Waals surface area contributed by atoms with Crippen molar-refractivity contribution < 1.29 is 9.47 Å². The van der Waals surface area contributed by atoms with E-state index >= 15 is 0 Å². The van der Waals surface area contributed by atoms with Crippen molar-refractivity contribution in [2.75, 3.05) is 26.1 Å². The quantitative estimate of drug-likeness (QED) is 0.554. The van der Waals surface area contributed by atoms with Gasteiger partial charge in [0.2, 0.25) is 5.28 Å². The van der Waals surface area contributed by atoms with Crippen LogP contribution >= 0.6 is 23.4 Å². The number of hydrogen-bond donors (Lipinski definition) is 0. The van der Waals surface area contributed by atoms with Crippen molar-refractivity contribution in [3.05, 3.63) is 5.28 Å². The molecule has 0 saturated heterocycles. The average Bonchev–Trinajstić information content (AvgIpc) is 2.24. The van der Waals surface area contributed by atoms with Crippen molar-refractivity contribution in [2.45, 2.75) is 18.5 Å². The maximum atomic E-state index is 5.75. The highest BCUT2D eigenvalue weighted by atomic mass is 35.5. The van der Waals surface area contributed by atoms with Crippen LogP contribution in [0.2, 0.25) is 5.28 Å². The Morgan fingerprint density at radius 3 is 2.81 bits per heavy atom. The second-order valence-electron chi connectivity index (χ2n) is 2.80. The monoisotopic (exact) mass is 263 g/mol. The van der Waals surface area contributed by atoms with Gasteiger partial charge >= 0.3 is 6.01 Å². The lowest BCUT2D eigenvalue weighted by Crippen LogP contribution is -2.01. The fourth-order valence-corrected chi connectivity index (χ4v) is 1.88. The lowest BCUT2D eigenvalue weighted by molar-refractivity contribution is 0.200. The van der Waals surface area contributed by atoms with Gasteiger partial charge in [-0.05, 0) is 24.9 Å². The normalized spacial score (nSPS) is 10.4. The van der Waals surface area contributed by atoms with Crippen molar-refractivity contribution in [1.29, 1.82) is 0 Å². The molecule has 0 N–H and O–H groups in total. The summed E-state index contributed by atoms with van der Waals surface area (Å²) in [7, 11) is 1.68. The van der Waals surface area contributed by atoms with E-state index in [1.807, 2.05) is 6.92 Å². The Labute approximate surface area is 104 Å². The zero-order chi connectivity index (χ0) is 11.8. The smallest absolute Gasteiger partial charge is 0.321 e.